The molecule has 1 aliphatic carbocycles. The van der Waals surface area contributed by atoms with Gasteiger partial charge in [-0.2, -0.15) is 0 Å². The highest BCUT2D eigenvalue weighted by molar-refractivity contribution is 5.10. The van der Waals surface area contributed by atoms with Gasteiger partial charge in [0.2, 0.25) is 0 Å². The van der Waals surface area contributed by atoms with E-state index in [1.54, 1.807) is 6.26 Å². The summed E-state index contributed by atoms with van der Waals surface area (Å²) in [6.45, 7) is 0.820. The molecule has 0 aromatic heterocycles. The van der Waals surface area contributed by atoms with E-state index in [4.69, 9.17) is 4.74 Å². The van der Waals surface area contributed by atoms with Crippen molar-refractivity contribution in [3.8, 4) is 0 Å². The van der Waals surface area contributed by atoms with Gasteiger partial charge in [0.05, 0.1) is 19.0 Å². The van der Waals surface area contributed by atoms with Crippen molar-refractivity contribution in [2.24, 2.45) is 5.92 Å². The number of hydrogen-bond acceptors (Lipinski definition) is 2. The molecular formula is C9H14O2. The first kappa shape index (κ1) is 7.17. The lowest BCUT2D eigenvalue weighted by Crippen LogP contribution is -2.16. The van der Waals surface area contributed by atoms with Gasteiger partial charge < -0.3 is 9.84 Å². The minimum atomic E-state index is -0.199. The summed E-state index contributed by atoms with van der Waals surface area (Å²) < 4.78 is 5.16. The molecule has 2 rings (SSSR count). The third kappa shape index (κ3) is 1.56. The maximum Gasteiger partial charge on any atom is 0.0876 e. The topological polar surface area (TPSA) is 29.5 Å². The van der Waals surface area contributed by atoms with Crippen molar-refractivity contribution in [1.29, 1.82) is 0 Å². The third-order valence-electron chi connectivity index (χ3n) is 2.41. The Hall–Kier alpha value is -0.500. The standard InChI is InChI=1S/C9H14O2/c10-9(7-3-4-7)8-2-1-5-11-6-8/h6-7,9-10H,1-5H2. The van der Waals surface area contributed by atoms with Crippen LogP contribution in [0.25, 0.3) is 0 Å². The van der Waals surface area contributed by atoms with Crippen LogP contribution in [0.15, 0.2) is 11.8 Å². The maximum atomic E-state index is 9.67. The number of aliphatic hydroxyl groups excluding tert-OH is 1. The Morgan fingerprint density at radius 3 is 2.91 bits per heavy atom. The summed E-state index contributed by atoms with van der Waals surface area (Å²) in [5, 5.41) is 9.67. The monoisotopic (exact) mass is 154 g/mol. The molecular weight excluding hydrogens is 140 g/mol. The van der Waals surface area contributed by atoms with E-state index in [2.05, 4.69) is 0 Å². The Morgan fingerprint density at radius 1 is 1.55 bits per heavy atom. The highest BCUT2D eigenvalue weighted by Crippen LogP contribution is 2.37. The average molecular weight is 154 g/mol. The normalized spacial score (nSPS) is 27.2. The summed E-state index contributed by atoms with van der Waals surface area (Å²) in [6, 6.07) is 0. The number of aliphatic hydroxyl groups is 1. The molecule has 2 nitrogen and oxygen atoms in total. The van der Waals surface area contributed by atoms with Crippen LogP contribution in [0.4, 0.5) is 0 Å². The lowest BCUT2D eigenvalue weighted by Gasteiger charge is -2.18. The van der Waals surface area contributed by atoms with E-state index in [1.807, 2.05) is 0 Å². The summed E-state index contributed by atoms with van der Waals surface area (Å²) >= 11 is 0. The fourth-order valence-corrected chi connectivity index (χ4v) is 1.52. The smallest absolute Gasteiger partial charge is 0.0876 e. The van der Waals surface area contributed by atoms with Crippen LogP contribution < -0.4 is 0 Å². The van der Waals surface area contributed by atoms with E-state index in [9.17, 15) is 5.11 Å². The maximum absolute atomic E-state index is 9.67. The van der Waals surface area contributed by atoms with Crippen molar-refractivity contribution >= 4 is 0 Å². The van der Waals surface area contributed by atoms with Crippen molar-refractivity contribution in [2.75, 3.05) is 6.61 Å². The fourth-order valence-electron chi connectivity index (χ4n) is 1.52. The number of ether oxygens (including phenoxy) is 1. The van der Waals surface area contributed by atoms with Crippen molar-refractivity contribution in [3.63, 3.8) is 0 Å². The molecule has 1 atom stereocenters. The quantitative estimate of drug-likeness (QED) is 0.652. The van der Waals surface area contributed by atoms with Gasteiger partial charge >= 0.3 is 0 Å². The molecule has 0 spiro atoms. The average Bonchev–Trinajstić information content (AvgIpc) is 2.87. The summed E-state index contributed by atoms with van der Waals surface area (Å²) in [5.41, 5.74) is 1.11. The zero-order valence-electron chi connectivity index (χ0n) is 6.62. The minimum Gasteiger partial charge on any atom is -0.501 e. The Balaban J connectivity index is 1.95. The Morgan fingerprint density at radius 2 is 2.36 bits per heavy atom. The van der Waals surface area contributed by atoms with E-state index < -0.39 is 0 Å². The highest BCUT2D eigenvalue weighted by Gasteiger charge is 2.32. The molecule has 0 saturated heterocycles. The molecule has 2 aliphatic rings. The van der Waals surface area contributed by atoms with Crippen LogP contribution >= 0.6 is 0 Å². The molecule has 1 aliphatic heterocycles. The molecule has 1 fully saturated rings. The highest BCUT2D eigenvalue weighted by atomic mass is 16.5. The van der Waals surface area contributed by atoms with Crippen molar-refractivity contribution in [3.05, 3.63) is 11.8 Å². The SMILES string of the molecule is OC(C1=COCCC1)C1CC1. The molecule has 1 saturated carbocycles. The summed E-state index contributed by atoms with van der Waals surface area (Å²) in [4.78, 5) is 0. The van der Waals surface area contributed by atoms with Crippen LogP contribution in [-0.2, 0) is 4.74 Å². The van der Waals surface area contributed by atoms with Gasteiger partial charge in [0.25, 0.3) is 0 Å². The van der Waals surface area contributed by atoms with Crippen LogP contribution in [0.5, 0.6) is 0 Å². The first-order valence-electron chi connectivity index (χ1n) is 4.36. The van der Waals surface area contributed by atoms with Gasteiger partial charge in [0.15, 0.2) is 0 Å². The molecule has 1 unspecified atom stereocenters. The molecule has 0 bridgehead atoms. The van der Waals surface area contributed by atoms with Gasteiger partial charge in [-0.25, -0.2) is 0 Å². The fraction of sp³-hybridized carbons (Fsp3) is 0.778. The Kier molecular flexibility index (Phi) is 1.86. The van der Waals surface area contributed by atoms with E-state index >= 15 is 0 Å². The zero-order chi connectivity index (χ0) is 7.68. The van der Waals surface area contributed by atoms with Gasteiger partial charge in [0.1, 0.15) is 0 Å². The van der Waals surface area contributed by atoms with Crippen molar-refractivity contribution in [2.45, 2.75) is 31.8 Å². The van der Waals surface area contributed by atoms with E-state index in [-0.39, 0.29) is 6.10 Å². The lowest BCUT2D eigenvalue weighted by molar-refractivity contribution is 0.153. The van der Waals surface area contributed by atoms with E-state index in [0.29, 0.717) is 5.92 Å². The number of rotatable bonds is 2. The summed E-state index contributed by atoms with van der Waals surface area (Å²) in [6.07, 6.45) is 6.03. The number of hydrogen-bond donors (Lipinski definition) is 1. The van der Waals surface area contributed by atoms with Gasteiger partial charge in [0, 0.05) is 0 Å². The summed E-state index contributed by atoms with van der Waals surface area (Å²) in [7, 11) is 0. The minimum absolute atomic E-state index is 0.199. The van der Waals surface area contributed by atoms with Crippen LogP contribution in [0.1, 0.15) is 25.7 Å². The second-order valence-corrected chi connectivity index (χ2v) is 3.45. The van der Waals surface area contributed by atoms with Gasteiger partial charge in [-0.3, -0.25) is 0 Å². The van der Waals surface area contributed by atoms with E-state index in [1.165, 1.54) is 12.8 Å². The van der Waals surface area contributed by atoms with Crippen LogP contribution in [-0.4, -0.2) is 17.8 Å². The van der Waals surface area contributed by atoms with Gasteiger partial charge in [-0.1, -0.05) is 0 Å². The molecule has 0 aromatic rings. The predicted molar refractivity (Wildman–Crippen MR) is 42.0 cm³/mol. The van der Waals surface area contributed by atoms with Crippen LogP contribution in [0.3, 0.4) is 0 Å². The Labute approximate surface area is 66.9 Å². The molecule has 1 heterocycles. The molecule has 11 heavy (non-hydrogen) atoms. The van der Waals surface area contributed by atoms with E-state index in [0.717, 1.165) is 25.0 Å². The third-order valence-corrected chi connectivity index (χ3v) is 2.41. The zero-order valence-corrected chi connectivity index (χ0v) is 6.62. The predicted octanol–water partition coefficient (Wildman–Crippen LogP) is 1.45. The molecule has 1 N–H and O–H groups in total. The lowest BCUT2D eigenvalue weighted by atomic mass is 10.0. The first-order valence-corrected chi connectivity index (χ1v) is 4.36. The summed E-state index contributed by atoms with van der Waals surface area (Å²) in [5.74, 6) is 0.544. The molecule has 62 valence electrons. The largest absolute Gasteiger partial charge is 0.501 e. The Bertz CT molecular complexity index is 170. The molecule has 0 radical (unpaired) electrons. The molecule has 0 aromatic carbocycles. The van der Waals surface area contributed by atoms with Crippen LogP contribution in [0, 0.1) is 5.92 Å². The van der Waals surface area contributed by atoms with Gasteiger partial charge in [-0.15, -0.1) is 0 Å². The molecule has 0 amide bonds. The second-order valence-electron chi connectivity index (χ2n) is 3.45. The van der Waals surface area contributed by atoms with Crippen LogP contribution in [0.2, 0.25) is 0 Å². The van der Waals surface area contributed by atoms with Gasteiger partial charge in [-0.05, 0) is 37.2 Å². The second kappa shape index (κ2) is 2.86. The van der Waals surface area contributed by atoms with Crippen molar-refractivity contribution in [1.82, 2.24) is 0 Å². The van der Waals surface area contributed by atoms with Crippen molar-refractivity contribution < 1.29 is 9.84 Å². The first-order chi connectivity index (χ1) is 5.38. The molecule has 2 heteroatoms.